The highest BCUT2D eigenvalue weighted by Gasteiger charge is 2.09. The lowest BCUT2D eigenvalue weighted by Gasteiger charge is -2.17. The lowest BCUT2D eigenvalue weighted by Crippen LogP contribution is -2.09. The number of anilines is 1. The summed E-state index contributed by atoms with van der Waals surface area (Å²) in [6.45, 7) is 2.90. The van der Waals surface area contributed by atoms with Gasteiger partial charge in [0.2, 0.25) is 0 Å². The molecule has 4 heteroatoms. The topological polar surface area (TPSA) is 21.7 Å². The molecule has 0 amide bonds. The summed E-state index contributed by atoms with van der Waals surface area (Å²) in [7, 11) is 3.30. The summed E-state index contributed by atoms with van der Waals surface area (Å²) in [5.74, 6) is 1.64. The zero-order valence-electron chi connectivity index (χ0n) is 8.58. The third-order valence-corrected chi connectivity index (χ3v) is 2.81. The largest absolute Gasteiger partial charge is 0.497 e. The highest BCUT2D eigenvalue weighted by Crippen LogP contribution is 2.33. The molecule has 0 bridgehead atoms. The van der Waals surface area contributed by atoms with Crippen molar-refractivity contribution in [1.29, 1.82) is 0 Å². The molecule has 0 atom stereocenters. The Labute approximate surface area is 93.0 Å². The Bertz CT molecular complexity index is 304. The molecule has 0 saturated carbocycles. The normalized spacial score (nSPS) is 9.71. The predicted molar refractivity (Wildman–Crippen MR) is 61.5 cm³/mol. The Kier molecular flexibility index (Phi) is 4.07. The van der Waals surface area contributed by atoms with Crippen LogP contribution in [0.3, 0.4) is 0 Å². The summed E-state index contributed by atoms with van der Waals surface area (Å²) in [6, 6.07) is 5.69. The first kappa shape index (κ1) is 11.2. The van der Waals surface area contributed by atoms with Gasteiger partial charge in [-0.25, -0.2) is 0 Å². The minimum atomic E-state index is 0.818. The molecule has 0 saturated heterocycles. The number of hydrogen-bond donors (Lipinski definition) is 0. The number of methoxy groups -OCH3 is 2. The predicted octanol–water partition coefficient (Wildman–Crippen LogP) is 2.84. The fraction of sp³-hybridized carbons (Fsp3) is 0.400. The molecule has 0 aliphatic carbocycles. The van der Waals surface area contributed by atoms with Crippen LogP contribution in [0.4, 0.5) is 5.69 Å². The Morgan fingerprint density at radius 1 is 1.29 bits per heavy atom. The van der Waals surface area contributed by atoms with Crippen molar-refractivity contribution in [3.63, 3.8) is 0 Å². The van der Waals surface area contributed by atoms with E-state index in [1.807, 2.05) is 29.0 Å². The van der Waals surface area contributed by atoms with Gasteiger partial charge in [-0.15, -0.1) is 0 Å². The molecule has 0 radical (unpaired) electrons. The van der Waals surface area contributed by atoms with E-state index in [9.17, 15) is 0 Å². The molecule has 0 aliphatic heterocycles. The minimum absolute atomic E-state index is 0.818. The number of ether oxygens (including phenoxy) is 2. The summed E-state index contributed by atoms with van der Waals surface area (Å²) in [6.07, 6.45) is 0. The van der Waals surface area contributed by atoms with Crippen LogP contribution in [0.1, 0.15) is 6.92 Å². The first-order valence-corrected chi connectivity index (χ1v) is 5.09. The highest BCUT2D eigenvalue weighted by atomic mass is 79.9. The smallest absolute Gasteiger partial charge is 0.143 e. The van der Waals surface area contributed by atoms with Gasteiger partial charge in [-0.05, 0) is 19.1 Å². The summed E-state index contributed by atoms with van der Waals surface area (Å²) >= 11 is 3.44. The second-order valence-corrected chi connectivity index (χ2v) is 3.57. The monoisotopic (exact) mass is 259 g/mol. The first-order valence-electron chi connectivity index (χ1n) is 4.38. The molecule has 1 aromatic rings. The summed E-state index contributed by atoms with van der Waals surface area (Å²) in [5.41, 5.74) is 0.967. The van der Waals surface area contributed by atoms with Crippen LogP contribution >= 0.6 is 16.1 Å². The van der Waals surface area contributed by atoms with Gasteiger partial charge >= 0.3 is 0 Å². The van der Waals surface area contributed by atoms with Gasteiger partial charge in [0.05, 0.1) is 19.9 Å². The number of halogens is 1. The van der Waals surface area contributed by atoms with Crippen molar-refractivity contribution >= 4 is 21.8 Å². The van der Waals surface area contributed by atoms with Gasteiger partial charge in [0.25, 0.3) is 0 Å². The maximum atomic E-state index is 5.24. The van der Waals surface area contributed by atoms with Gasteiger partial charge in [-0.3, -0.25) is 0 Å². The van der Waals surface area contributed by atoms with Crippen LogP contribution < -0.4 is 13.4 Å². The van der Waals surface area contributed by atoms with Crippen molar-refractivity contribution in [2.45, 2.75) is 6.92 Å². The van der Waals surface area contributed by atoms with Gasteiger partial charge in [0.15, 0.2) is 0 Å². The molecule has 0 aromatic heterocycles. The van der Waals surface area contributed by atoms with E-state index in [2.05, 4.69) is 16.1 Å². The van der Waals surface area contributed by atoms with Crippen LogP contribution in [0.2, 0.25) is 0 Å². The summed E-state index contributed by atoms with van der Waals surface area (Å²) in [4.78, 5) is 0. The second kappa shape index (κ2) is 5.10. The number of nitrogens with zero attached hydrogens (tertiary/aromatic N) is 1. The molecule has 0 unspecified atom stereocenters. The van der Waals surface area contributed by atoms with Gasteiger partial charge < -0.3 is 13.4 Å². The molecule has 1 aromatic carbocycles. The third kappa shape index (κ3) is 2.32. The Hall–Kier alpha value is -0.900. The van der Waals surface area contributed by atoms with E-state index in [1.165, 1.54) is 0 Å². The van der Waals surface area contributed by atoms with Crippen LogP contribution in [0.25, 0.3) is 0 Å². The molecular formula is C10H14BrNO2. The molecular weight excluding hydrogens is 246 g/mol. The van der Waals surface area contributed by atoms with E-state index >= 15 is 0 Å². The van der Waals surface area contributed by atoms with Crippen molar-refractivity contribution in [3.05, 3.63) is 18.2 Å². The van der Waals surface area contributed by atoms with Crippen molar-refractivity contribution in [1.82, 2.24) is 0 Å². The van der Waals surface area contributed by atoms with E-state index in [0.29, 0.717) is 0 Å². The van der Waals surface area contributed by atoms with Gasteiger partial charge in [-0.2, -0.15) is 0 Å². The maximum Gasteiger partial charge on any atom is 0.143 e. The lowest BCUT2D eigenvalue weighted by molar-refractivity contribution is 0.404. The van der Waals surface area contributed by atoms with Crippen molar-refractivity contribution in [2.24, 2.45) is 0 Å². The molecule has 0 aliphatic rings. The molecule has 0 fully saturated rings. The van der Waals surface area contributed by atoms with E-state index in [4.69, 9.17) is 9.47 Å². The number of benzene rings is 1. The van der Waals surface area contributed by atoms with Crippen molar-refractivity contribution < 1.29 is 9.47 Å². The van der Waals surface area contributed by atoms with Crippen molar-refractivity contribution in [2.75, 3.05) is 24.7 Å². The van der Waals surface area contributed by atoms with Crippen LogP contribution in [0, 0.1) is 0 Å². The Morgan fingerprint density at radius 2 is 2.00 bits per heavy atom. The SMILES string of the molecule is CCN(Br)c1cc(OC)ccc1OC. The maximum absolute atomic E-state index is 5.24. The van der Waals surface area contributed by atoms with Gasteiger partial charge in [0, 0.05) is 28.8 Å². The van der Waals surface area contributed by atoms with Crippen LogP contribution in [0.5, 0.6) is 11.5 Å². The molecule has 0 N–H and O–H groups in total. The van der Waals surface area contributed by atoms with Crippen molar-refractivity contribution in [3.8, 4) is 11.5 Å². The standard InChI is InChI=1S/C10H14BrNO2/c1-4-12(11)9-7-8(13-2)5-6-10(9)14-3/h5-7H,4H2,1-3H3. The summed E-state index contributed by atoms with van der Waals surface area (Å²) in [5, 5.41) is 0. The van der Waals surface area contributed by atoms with Crippen LogP contribution in [-0.4, -0.2) is 20.8 Å². The molecule has 0 heterocycles. The lowest BCUT2D eigenvalue weighted by atomic mass is 10.2. The molecule has 0 spiro atoms. The fourth-order valence-electron chi connectivity index (χ4n) is 1.16. The van der Waals surface area contributed by atoms with Crippen LogP contribution in [0.15, 0.2) is 18.2 Å². The van der Waals surface area contributed by atoms with Gasteiger partial charge in [-0.1, -0.05) is 0 Å². The van der Waals surface area contributed by atoms with Crippen LogP contribution in [-0.2, 0) is 0 Å². The quantitative estimate of drug-likeness (QED) is 0.777. The molecule has 14 heavy (non-hydrogen) atoms. The van der Waals surface area contributed by atoms with E-state index < -0.39 is 0 Å². The van der Waals surface area contributed by atoms with E-state index in [-0.39, 0.29) is 0 Å². The zero-order valence-corrected chi connectivity index (χ0v) is 10.2. The minimum Gasteiger partial charge on any atom is -0.497 e. The third-order valence-electron chi connectivity index (χ3n) is 1.93. The average molecular weight is 260 g/mol. The van der Waals surface area contributed by atoms with Gasteiger partial charge in [0.1, 0.15) is 11.5 Å². The highest BCUT2D eigenvalue weighted by molar-refractivity contribution is 9.10. The summed E-state index contributed by atoms with van der Waals surface area (Å²) < 4.78 is 12.3. The molecule has 78 valence electrons. The average Bonchev–Trinajstić information content (AvgIpc) is 2.27. The Balaban J connectivity index is 3.08. The number of rotatable bonds is 4. The zero-order chi connectivity index (χ0) is 10.6. The number of hydrogen-bond acceptors (Lipinski definition) is 3. The van der Waals surface area contributed by atoms with E-state index in [1.54, 1.807) is 14.2 Å². The first-order chi connectivity index (χ1) is 6.72. The molecule has 3 nitrogen and oxygen atoms in total. The molecule has 1 rings (SSSR count). The second-order valence-electron chi connectivity index (χ2n) is 2.72. The Morgan fingerprint density at radius 3 is 2.50 bits per heavy atom. The fourth-order valence-corrected chi connectivity index (χ4v) is 1.43. The van der Waals surface area contributed by atoms with E-state index in [0.717, 1.165) is 23.7 Å².